The fraction of sp³-hybridized carbons (Fsp3) is 0.357. The number of pyridine rings is 1. The molecular formula is C14H18BrN3O. The third-order valence-corrected chi connectivity index (χ3v) is 3.54. The van der Waals surface area contributed by atoms with Crippen molar-refractivity contribution in [2.45, 2.75) is 19.9 Å². The van der Waals surface area contributed by atoms with Crippen molar-refractivity contribution in [3.8, 4) is 0 Å². The maximum atomic E-state index is 9.22. The lowest BCUT2D eigenvalue weighted by atomic mass is 10.1. The van der Waals surface area contributed by atoms with E-state index in [9.17, 15) is 5.11 Å². The van der Waals surface area contributed by atoms with Gasteiger partial charge in [-0.1, -0.05) is 0 Å². The van der Waals surface area contributed by atoms with E-state index in [2.05, 4.69) is 39.7 Å². The Labute approximate surface area is 121 Å². The number of nitrogens with zero attached hydrogens (tertiary/aromatic N) is 2. The molecule has 5 heteroatoms. The first-order valence-electron chi connectivity index (χ1n) is 6.26. The van der Waals surface area contributed by atoms with Gasteiger partial charge in [0.15, 0.2) is 0 Å². The van der Waals surface area contributed by atoms with Gasteiger partial charge in [0.25, 0.3) is 0 Å². The molecule has 2 aromatic rings. The number of aliphatic hydroxyl groups excluding tert-OH is 1. The molecule has 102 valence electrons. The Balaban J connectivity index is 2.63. The van der Waals surface area contributed by atoms with E-state index in [0.717, 1.165) is 21.1 Å². The van der Waals surface area contributed by atoms with E-state index >= 15 is 0 Å². The van der Waals surface area contributed by atoms with Crippen LogP contribution < -0.4 is 10.6 Å². The fourth-order valence-corrected chi connectivity index (χ4v) is 2.53. The molecule has 0 atom stereocenters. The van der Waals surface area contributed by atoms with Crippen LogP contribution in [0.2, 0.25) is 0 Å². The Morgan fingerprint density at radius 1 is 1.42 bits per heavy atom. The Morgan fingerprint density at radius 2 is 2.16 bits per heavy atom. The number of fused-ring (bicyclic) bond motifs is 1. The van der Waals surface area contributed by atoms with Crippen LogP contribution in [0, 0.1) is 0 Å². The summed E-state index contributed by atoms with van der Waals surface area (Å²) in [6.45, 7) is 4.88. The Kier molecular flexibility index (Phi) is 4.27. The highest BCUT2D eigenvalue weighted by molar-refractivity contribution is 9.10. The highest BCUT2D eigenvalue weighted by Crippen LogP contribution is 2.31. The van der Waals surface area contributed by atoms with Crippen LogP contribution in [-0.4, -0.2) is 29.3 Å². The van der Waals surface area contributed by atoms with Crippen LogP contribution in [0.25, 0.3) is 10.9 Å². The van der Waals surface area contributed by atoms with Crippen molar-refractivity contribution in [3.63, 3.8) is 0 Å². The summed E-state index contributed by atoms with van der Waals surface area (Å²) in [5.74, 6) is 0. The highest BCUT2D eigenvalue weighted by Gasteiger charge is 2.15. The van der Waals surface area contributed by atoms with Gasteiger partial charge < -0.3 is 15.7 Å². The highest BCUT2D eigenvalue weighted by atomic mass is 79.9. The van der Waals surface area contributed by atoms with Gasteiger partial charge in [-0.2, -0.15) is 0 Å². The first kappa shape index (κ1) is 14.1. The van der Waals surface area contributed by atoms with Crippen LogP contribution >= 0.6 is 15.9 Å². The topological polar surface area (TPSA) is 62.4 Å². The van der Waals surface area contributed by atoms with Gasteiger partial charge in [0.05, 0.1) is 17.8 Å². The number of nitrogens with two attached hydrogens (primary N) is 1. The van der Waals surface area contributed by atoms with Crippen LogP contribution in [-0.2, 0) is 0 Å². The zero-order valence-corrected chi connectivity index (χ0v) is 12.7. The maximum absolute atomic E-state index is 9.22. The number of nitrogen functional groups attached to an aromatic ring is 1. The Morgan fingerprint density at radius 3 is 2.79 bits per heavy atom. The van der Waals surface area contributed by atoms with E-state index in [4.69, 9.17) is 5.73 Å². The summed E-state index contributed by atoms with van der Waals surface area (Å²) in [5.41, 5.74) is 8.59. The molecule has 3 N–H and O–H groups in total. The number of benzene rings is 1. The molecular weight excluding hydrogens is 306 g/mol. The second-order valence-corrected chi connectivity index (χ2v) is 5.65. The molecule has 0 saturated heterocycles. The minimum absolute atomic E-state index is 0.112. The molecule has 1 aromatic heterocycles. The van der Waals surface area contributed by atoms with Crippen molar-refractivity contribution in [1.82, 2.24) is 4.98 Å². The average molecular weight is 324 g/mol. The van der Waals surface area contributed by atoms with Gasteiger partial charge in [-0.15, -0.1) is 0 Å². The molecule has 0 bridgehead atoms. The molecule has 0 spiro atoms. The summed E-state index contributed by atoms with van der Waals surface area (Å²) >= 11 is 3.42. The van der Waals surface area contributed by atoms with Crippen LogP contribution in [0.3, 0.4) is 0 Å². The molecule has 4 nitrogen and oxygen atoms in total. The van der Waals surface area contributed by atoms with Gasteiger partial charge in [0.1, 0.15) is 0 Å². The predicted octanol–water partition coefficient (Wildman–Crippen LogP) is 2.79. The van der Waals surface area contributed by atoms with E-state index < -0.39 is 0 Å². The van der Waals surface area contributed by atoms with Gasteiger partial charge in [0, 0.05) is 34.3 Å². The summed E-state index contributed by atoms with van der Waals surface area (Å²) in [6.07, 6.45) is 1.77. The second-order valence-electron chi connectivity index (χ2n) is 4.73. The fourth-order valence-electron chi connectivity index (χ4n) is 2.20. The molecule has 0 radical (unpaired) electrons. The number of hydrogen-bond donors (Lipinski definition) is 2. The number of aromatic nitrogens is 1. The predicted molar refractivity (Wildman–Crippen MR) is 83.4 cm³/mol. The van der Waals surface area contributed by atoms with Gasteiger partial charge in [-0.25, -0.2) is 0 Å². The zero-order valence-electron chi connectivity index (χ0n) is 11.1. The minimum atomic E-state index is 0.112. The SMILES string of the molecule is CC(C)N(CCO)c1ccc(N)c2cc(Br)cnc12. The summed E-state index contributed by atoms with van der Waals surface area (Å²) in [6, 6.07) is 6.11. The molecule has 0 aliphatic rings. The van der Waals surface area contributed by atoms with Gasteiger partial charge in [0.2, 0.25) is 0 Å². The summed E-state index contributed by atoms with van der Waals surface area (Å²) in [5, 5.41) is 10.1. The zero-order chi connectivity index (χ0) is 14.0. The van der Waals surface area contributed by atoms with Crippen LogP contribution in [0.4, 0.5) is 11.4 Å². The molecule has 0 unspecified atom stereocenters. The van der Waals surface area contributed by atoms with Crippen molar-refractivity contribution in [2.75, 3.05) is 23.8 Å². The van der Waals surface area contributed by atoms with E-state index in [1.807, 2.05) is 18.2 Å². The van der Waals surface area contributed by atoms with Crippen molar-refractivity contribution >= 4 is 38.2 Å². The smallest absolute Gasteiger partial charge is 0.0956 e. The molecule has 1 heterocycles. The third kappa shape index (κ3) is 2.82. The lowest BCUT2D eigenvalue weighted by molar-refractivity contribution is 0.299. The van der Waals surface area contributed by atoms with E-state index in [0.29, 0.717) is 12.2 Å². The molecule has 2 rings (SSSR count). The van der Waals surface area contributed by atoms with E-state index in [-0.39, 0.29) is 12.6 Å². The van der Waals surface area contributed by atoms with Crippen molar-refractivity contribution in [1.29, 1.82) is 0 Å². The minimum Gasteiger partial charge on any atom is -0.398 e. The summed E-state index contributed by atoms with van der Waals surface area (Å²) in [4.78, 5) is 6.60. The van der Waals surface area contributed by atoms with Gasteiger partial charge in [-0.3, -0.25) is 4.98 Å². The molecule has 1 aromatic carbocycles. The average Bonchev–Trinajstić information content (AvgIpc) is 2.37. The molecule has 19 heavy (non-hydrogen) atoms. The number of hydrogen-bond acceptors (Lipinski definition) is 4. The number of rotatable bonds is 4. The van der Waals surface area contributed by atoms with E-state index in [1.54, 1.807) is 6.20 Å². The standard InChI is InChI=1S/C14H18BrN3O/c1-9(2)18(5-6-19)13-4-3-12(16)11-7-10(15)8-17-14(11)13/h3-4,7-9,19H,5-6,16H2,1-2H3. The molecule has 0 amide bonds. The lowest BCUT2D eigenvalue weighted by Gasteiger charge is -2.29. The summed E-state index contributed by atoms with van der Waals surface area (Å²) in [7, 11) is 0. The number of halogens is 1. The lowest BCUT2D eigenvalue weighted by Crippen LogP contribution is -2.33. The van der Waals surface area contributed by atoms with Crippen molar-refractivity contribution in [3.05, 3.63) is 28.9 Å². The molecule has 0 saturated carbocycles. The van der Waals surface area contributed by atoms with Crippen LogP contribution in [0.5, 0.6) is 0 Å². The second kappa shape index (κ2) is 5.75. The molecule has 0 aliphatic heterocycles. The first-order chi connectivity index (χ1) is 9.04. The number of anilines is 2. The third-order valence-electron chi connectivity index (χ3n) is 3.10. The Bertz CT molecular complexity index is 586. The largest absolute Gasteiger partial charge is 0.398 e. The molecule has 0 aliphatic carbocycles. The number of aliphatic hydroxyl groups is 1. The quantitative estimate of drug-likeness (QED) is 0.849. The summed E-state index contributed by atoms with van der Waals surface area (Å²) < 4.78 is 0.905. The monoisotopic (exact) mass is 323 g/mol. The van der Waals surface area contributed by atoms with Crippen molar-refractivity contribution in [2.24, 2.45) is 0 Å². The van der Waals surface area contributed by atoms with Crippen LogP contribution in [0.15, 0.2) is 28.9 Å². The van der Waals surface area contributed by atoms with Crippen molar-refractivity contribution < 1.29 is 5.11 Å². The first-order valence-corrected chi connectivity index (χ1v) is 7.05. The Hall–Kier alpha value is -1.33. The molecule has 0 fully saturated rings. The normalized spacial score (nSPS) is 11.2. The van der Waals surface area contributed by atoms with Gasteiger partial charge in [-0.05, 0) is 48.0 Å². The van der Waals surface area contributed by atoms with Crippen LogP contribution in [0.1, 0.15) is 13.8 Å². The van der Waals surface area contributed by atoms with E-state index in [1.165, 1.54) is 0 Å². The maximum Gasteiger partial charge on any atom is 0.0956 e. The van der Waals surface area contributed by atoms with Gasteiger partial charge >= 0.3 is 0 Å².